The Bertz CT molecular complexity index is 253. The maximum absolute atomic E-state index is 11.1. The van der Waals surface area contributed by atoms with Crippen molar-refractivity contribution in [1.29, 1.82) is 0 Å². The van der Waals surface area contributed by atoms with Gasteiger partial charge in [0, 0.05) is 0 Å². The Labute approximate surface area is 100 Å². The number of aliphatic hydroxyl groups is 4. The van der Waals surface area contributed by atoms with Crippen molar-refractivity contribution in [2.45, 2.75) is 30.6 Å². The summed E-state index contributed by atoms with van der Waals surface area (Å²) in [5, 5.41) is 39.7. The van der Waals surface area contributed by atoms with E-state index in [9.17, 15) is 20.1 Å². The zero-order valence-electron chi connectivity index (χ0n) is 8.28. The molecule has 0 aliphatic carbocycles. The van der Waals surface area contributed by atoms with E-state index in [1.54, 1.807) is 0 Å². The molecule has 1 saturated heterocycles. The molecular formula is C8H14BrNO6. The highest BCUT2D eigenvalue weighted by molar-refractivity contribution is 9.09. The summed E-state index contributed by atoms with van der Waals surface area (Å²) in [7, 11) is 0. The van der Waals surface area contributed by atoms with Gasteiger partial charge in [-0.2, -0.15) is 0 Å². The van der Waals surface area contributed by atoms with Gasteiger partial charge in [-0.05, 0) is 0 Å². The van der Waals surface area contributed by atoms with Crippen molar-refractivity contribution in [2.75, 3.05) is 11.9 Å². The van der Waals surface area contributed by atoms with Crippen LogP contribution in [0.3, 0.4) is 0 Å². The van der Waals surface area contributed by atoms with E-state index in [1.807, 2.05) is 0 Å². The van der Waals surface area contributed by atoms with Gasteiger partial charge in [0.15, 0.2) is 6.29 Å². The van der Waals surface area contributed by atoms with Crippen LogP contribution in [0.4, 0.5) is 0 Å². The van der Waals surface area contributed by atoms with Gasteiger partial charge in [0.25, 0.3) is 0 Å². The Morgan fingerprint density at radius 3 is 2.44 bits per heavy atom. The molecule has 0 radical (unpaired) electrons. The van der Waals surface area contributed by atoms with E-state index >= 15 is 0 Å². The number of alkyl halides is 1. The summed E-state index contributed by atoms with van der Waals surface area (Å²) in [6, 6.07) is -1.12. The number of ether oxygens (including phenoxy) is 1. The number of hydrogen-bond donors (Lipinski definition) is 5. The van der Waals surface area contributed by atoms with Crippen LogP contribution < -0.4 is 5.32 Å². The van der Waals surface area contributed by atoms with Gasteiger partial charge < -0.3 is 30.5 Å². The molecule has 1 fully saturated rings. The van der Waals surface area contributed by atoms with Crippen molar-refractivity contribution in [3.8, 4) is 0 Å². The largest absolute Gasteiger partial charge is 0.394 e. The fourth-order valence-electron chi connectivity index (χ4n) is 1.48. The van der Waals surface area contributed by atoms with Crippen LogP contribution in [-0.4, -0.2) is 68.9 Å². The number of halogens is 1. The molecule has 0 aromatic heterocycles. The molecule has 0 bridgehead atoms. The molecular weight excluding hydrogens is 286 g/mol. The minimum atomic E-state index is -1.47. The zero-order chi connectivity index (χ0) is 12.3. The molecule has 94 valence electrons. The van der Waals surface area contributed by atoms with Crippen LogP contribution in [0.1, 0.15) is 0 Å². The van der Waals surface area contributed by atoms with E-state index in [0.717, 1.165) is 0 Å². The average molecular weight is 300 g/mol. The van der Waals surface area contributed by atoms with E-state index in [0.29, 0.717) is 0 Å². The lowest BCUT2D eigenvalue weighted by Gasteiger charge is -2.40. The molecule has 1 aliphatic heterocycles. The molecule has 0 aromatic carbocycles. The Hall–Kier alpha value is -0.250. The van der Waals surface area contributed by atoms with Gasteiger partial charge in [-0.3, -0.25) is 4.79 Å². The Morgan fingerprint density at radius 1 is 1.31 bits per heavy atom. The molecule has 7 nitrogen and oxygen atoms in total. The highest BCUT2D eigenvalue weighted by Gasteiger charge is 2.44. The molecule has 1 amide bonds. The van der Waals surface area contributed by atoms with Gasteiger partial charge in [0.2, 0.25) is 5.91 Å². The minimum absolute atomic E-state index is 0.00244. The second-order valence-electron chi connectivity index (χ2n) is 3.46. The SMILES string of the molecule is O=C(CBr)N[C@H]1C(O)O[C@H](CO)[C@@H](O)[C@@H]1O. The summed E-state index contributed by atoms with van der Waals surface area (Å²) in [6.45, 7) is -0.533. The third kappa shape index (κ3) is 2.90. The van der Waals surface area contributed by atoms with Gasteiger partial charge in [0.05, 0.1) is 11.9 Å². The topological polar surface area (TPSA) is 119 Å². The van der Waals surface area contributed by atoms with E-state index in [-0.39, 0.29) is 5.33 Å². The molecule has 1 heterocycles. The molecule has 0 aromatic rings. The first kappa shape index (κ1) is 13.8. The van der Waals surface area contributed by atoms with Crippen molar-refractivity contribution in [2.24, 2.45) is 0 Å². The van der Waals surface area contributed by atoms with Crippen LogP contribution in [0.2, 0.25) is 0 Å². The van der Waals surface area contributed by atoms with Crippen LogP contribution in [-0.2, 0) is 9.53 Å². The summed E-state index contributed by atoms with van der Waals surface area (Å²) in [6.07, 6.45) is -5.31. The van der Waals surface area contributed by atoms with E-state index in [2.05, 4.69) is 21.2 Å². The van der Waals surface area contributed by atoms with Gasteiger partial charge in [-0.1, -0.05) is 15.9 Å². The zero-order valence-corrected chi connectivity index (χ0v) is 9.87. The Morgan fingerprint density at radius 2 is 1.94 bits per heavy atom. The van der Waals surface area contributed by atoms with Crippen molar-refractivity contribution < 1.29 is 30.0 Å². The monoisotopic (exact) mass is 299 g/mol. The molecule has 1 rings (SSSR count). The highest BCUT2D eigenvalue weighted by Crippen LogP contribution is 2.19. The van der Waals surface area contributed by atoms with Crippen LogP contribution in [0.25, 0.3) is 0 Å². The van der Waals surface area contributed by atoms with Crippen LogP contribution in [0.5, 0.6) is 0 Å². The normalized spacial score (nSPS) is 39.4. The summed E-state index contributed by atoms with van der Waals surface area (Å²) >= 11 is 2.90. The third-order valence-electron chi connectivity index (χ3n) is 2.35. The van der Waals surface area contributed by atoms with Crippen molar-refractivity contribution >= 4 is 21.8 Å². The van der Waals surface area contributed by atoms with Crippen molar-refractivity contribution in [3.05, 3.63) is 0 Å². The maximum Gasteiger partial charge on any atom is 0.231 e. The summed E-state index contributed by atoms with van der Waals surface area (Å²) in [5.74, 6) is -0.457. The van der Waals surface area contributed by atoms with Gasteiger partial charge in [-0.15, -0.1) is 0 Å². The number of carbonyl (C=O) groups excluding carboxylic acids is 1. The third-order valence-corrected chi connectivity index (χ3v) is 2.86. The van der Waals surface area contributed by atoms with Crippen molar-refractivity contribution in [3.63, 3.8) is 0 Å². The molecule has 0 spiro atoms. The summed E-state index contributed by atoms with van der Waals surface area (Å²) in [5.41, 5.74) is 0. The van der Waals surface area contributed by atoms with E-state index in [1.165, 1.54) is 0 Å². The maximum atomic E-state index is 11.1. The lowest BCUT2D eigenvalue weighted by atomic mass is 9.97. The first-order valence-corrected chi connectivity index (χ1v) is 5.79. The van der Waals surface area contributed by atoms with E-state index in [4.69, 9.17) is 9.84 Å². The van der Waals surface area contributed by atoms with Crippen LogP contribution in [0.15, 0.2) is 0 Å². The number of nitrogens with one attached hydrogen (secondary N) is 1. The quantitative estimate of drug-likeness (QED) is 0.362. The first-order valence-electron chi connectivity index (χ1n) is 4.67. The molecule has 8 heteroatoms. The number of carbonyl (C=O) groups is 1. The number of rotatable bonds is 3. The first-order chi connectivity index (χ1) is 7.51. The fourth-order valence-corrected chi connectivity index (χ4v) is 1.64. The second kappa shape index (κ2) is 5.89. The molecule has 16 heavy (non-hydrogen) atoms. The lowest BCUT2D eigenvalue weighted by molar-refractivity contribution is -0.253. The smallest absolute Gasteiger partial charge is 0.231 e. The molecule has 5 N–H and O–H groups in total. The number of aliphatic hydroxyl groups excluding tert-OH is 4. The lowest BCUT2D eigenvalue weighted by Crippen LogP contribution is -2.64. The van der Waals surface area contributed by atoms with Gasteiger partial charge in [-0.25, -0.2) is 0 Å². The highest BCUT2D eigenvalue weighted by atomic mass is 79.9. The van der Waals surface area contributed by atoms with Crippen molar-refractivity contribution in [1.82, 2.24) is 5.32 Å². The molecule has 0 saturated carbocycles. The molecule has 1 aliphatic rings. The number of hydrogen-bond acceptors (Lipinski definition) is 6. The molecule has 1 unspecified atom stereocenters. The van der Waals surface area contributed by atoms with Crippen LogP contribution >= 0.6 is 15.9 Å². The number of amides is 1. The summed E-state index contributed by atoms with van der Waals surface area (Å²) < 4.78 is 4.84. The van der Waals surface area contributed by atoms with Gasteiger partial charge in [0.1, 0.15) is 24.4 Å². The minimum Gasteiger partial charge on any atom is -0.394 e. The fraction of sp³-hybridized carbons (Fsp3) is 0.875. The Balaban J connectivity index is 2.67. The Kier molecular flexibility index (Phi) is 5.09. The van der Waals surface area contributed by atoms with E-state index < -0.39 is 43.2 Å². The standard InChI is InChI=1S/C8H14BrNO6/c9-1-4(12)10-5-7(14)6(13)3(2-11)16-8(5)15/h3,5-8,11,13-15H,1-2H2,(H,10,12)/t3-,5-,6-,7-,8?/m1/s1. The van der Waals surface area contributed by atoms with Gasteiger partial charge >= 0.3 is 0 Å². The predicted octanol–water partition coefficient (Wildman–Crippen LogP) is -2.70. The average Bonchev–Trinajstić information content (AvgIpc) is 2.28. The summed E-state index contributed by atoms with van der Waals surface area (Å²) in [4.78, 5) is 11.1. The molecule has 5 atom stereocenters. The second-order valence-corrected chi connectivity index (χ2v) is 4.02. The predicted molar refractivity (Wildman–Crippen MR) is 55.7 cm³/mol. The van der Waals surface area contributed by atoms with Crippen LogP contribution in [0, 0.1) is 0 Å².